The number of hydrogen-bond acceptors (Lipinski definition) is 3. The van der Waals surface area contributed by atoms with Crippen LogP contribution < -0.4 is 5.56 Å². The highest BCUT2D eigenvalue weighted by Crippen LogP contribution is 2.11. The van der Waals surface area contributed by atoms with Gasteiger partial charge < -0.3 is 14.6 Å². The zero-order valence-corrected chi connectivity index (χ0v) is 12.3. The molecule has 1 aromatic heterocycles. The quantitative estimate of drug-likeness (QED) is 0.873. The van der Waals surface area contributed by atoms with Crippen LogP contribution in [-0.4, -0.2) is 39.5 Å². The summed E-state index contributed by atoms with van der Waals surface area (Å²) in [5.41, 5.74) is 0.442. The van der Waals surface area contributed by atoms with Gasteiger partial charge in [-0.15, -0.1) is 0 Å². The number of aromatic nitrogens is 1. The Labute approximate surface area is 117 Å². The summed E-state index contributed by atoms with van der Waals surface area (Å²) in [6.45, 7) is 7.82. The van der Waals surface area contributed by atoms with Crippen molar-refractivity contribution in [2.75, 3.05) is 13.1 Å². The summed E-state index contributed by atoms with van der Waals surface area (Å²) in [5.74, 6) is -1.29. The third-order valence-corrected chi connectivity index (χ3v) is 3.39. The van der Waals surface area contributed by atoms with Crippen LogP contribution in [0.3, 0.4) is 0 Å². The molecule has 0 unspecified atom stereocenters. The van der Waals surface area contributed by atoms with E-state index in [4.69, 9.17) is 0 Å². The van der Waals surface area contributed by atoms with E-state index in [1.807, 2.05) is 13.8 Å². The van der Waals surface area contributed by atoms with Gasteiger partial charge in [0.1, 0.15) is 6.54 Å². The molecule has 0 aromatic carbocycles. The number of amides is 1. The third-order valence-electron chi connectivity index (χ3n) is 3.39. The molecule has 0 saturated carbocycles. The molecule has 0 aliphatic rings. The summed E-state index contributed by atoms with van der Waals surface area (Å²) in [5, 5.41) is 9.19. The van der Waals surface area contributed by atoms with Crippen LogP contribution in [0.25, 0.3) is 0 Å². The van der Waals surface area contributed by atoms with Crippen molar-refractivity contribution in [1.29, 1.82) is 0 Å². The van der Waals surface area contributed by atoms with Crippen molar-refractivity contribution in [3.8, 4) is 0 Å². The summed E-state index contributed by atoms with van der Waals surface area (Å²) >= 11 is 0. The number of nitrogens with zero attached hydrogens (tertiary/aromatic N) is 2. The normalized spacial score (nSPS) is 10.4. The zero-order chi connectivity index (χ0) is 15.4. The molecule has 0 saturated heterocycles. The van der Waals surface area contributed by atoms with Crippen LogP contribution in [-0.2, 0) is 11.3 Å². The highest BCUT2D eigenvalue weighted by molar-refractivity contribution is 5.90. The monoisotopic (exact) mass is 280 g/mol. The van der Waals surface area contributed by atoms with Gasteiger partial charge in [0.25, 0.3) is 5.56 Å². The summed E-state index contributed by atoms with van der Waals surface area (Å²) in [6.07, 6.45) is 0. The number of carbonyl (C=O) groups is 2. The number of rotatable bonds is 5. The maximum Gasteiger partial charge on any atom is 0.337 e. The smallest absolute Gasteiger partial charge is 0.337 e. The highest BCUT2D eigenvalue weighted by Gasteiger charge is 2.18. The number of hydrogen-bond donors (Lipinski definition) is 1. The van der Waals surface area contributed by atoms with E-state index in [1.54, 1.807) is 18.7 Å². The first-order valence-electron chi connectivity index (χ1n) is 6.55. The number of aryl methyl sites for hydroxylation is 1. The number of aromatic carboxylic acids is 1. The van der Waals surface area contributed by atoms with Crippen molar-refractivity contribution >= 4 is 11.9 Å². The number of likely N-dealkylation sites (N-methyl/N-ethyl adjacent to an activating group) is 1. The largest absolute Gasteiger partial charge is 0.478 e. The van der Waals surface area contributed by atoms with Crippen molar-refractivity contribution in [2.45, 2.75) is 34.2 Å². The molecular weight excluding hydrogens is 260 g/mol. The van der Waals surface area contributed by atoms with Crippen LogP contribution in [0.1, 0.15) is 35.5 Å². The van der Waals surface area contributed by atoms with Gasteiger partial charge in [0.15, 0.2) is 0 Å². The second-order valence-corrected chi connectivity index (χ2v) is 4.58. The molecule has 0 spiro atoms. The first-order chi connectivity index (χ1) is 9.33. The van der Waals surface area contributed by atoms with Crippen molar-refractivity contribution in [3.05, 3.63) is 33.2 Å². The molecule has 0 atom stereocenters. The van der Waals surface area contributed by atoms with E-state index in [0.29, 0.717) is 24.3 Å². The maximum atomic E-state index is 12.1. The van der Waals surface area contributed by atoms with Gasteiger partial charge in [0, 0.05) is 24.8 Å². The van der Waals surface area contributed by atoms with E-state index in [-0.39, 0.29) is 23.6 Å². The fraction of sp³-hybridized carbons (Fsp3) is 0.500. The Kier molecular flexibility index (Phi) is 5.07. The topological polar surface area (TPSA) is 79.6 Å². The second-order valence-electron chi connectivity index (χ2n) is 4.58. The maximum absolute atomic E-state index is 12.1. The van der Waals surface area contributed by atoms with Crippen molar-refractivity contribution < 1.29 is 14.7 Å². The van der Waals surface area contributed by atoms with Crippen molar-refractivity contribution in [1.82, 2.24) is 9.47 Å². The standard InChI is InChI=1S/C14H20N2O4/c1-5-15(6-2)12(18)8-16-10(4)13(14(19)20)9(3)7-11(16)17/h7H,5-6,8H2,1-4H3,(H,19,20). The van der Waals surface area contributed by atoms with Gasteiger partial charge >= 0.3 is 5.97 Å². The molecule has 0 bridgehead atoms. The van der Waals surface area contributed by atoms with Gasteiger partial charge in [0.05, 0.1) is 5.56 Å². The molecule has 1 rings (SSSR count). The molecule has 0 aliphatic carbocycles. The predicted molar refractivity (Wildman–Crippen MR) is 75.1 cm³/mol. The first kappa shape index (κ1) is 15.9. The fourth-order valence-electron chi connectivity index (χ4n) is 2.25. The molecule has 1 N–H and O–H groups in total. The average molecular weight is 280 g/mol. The second kappa shape index (κ2) is 6.36. The Bertz CT molecular complexity index is 586. The van der Waals surface area contributed by atoms with Gasteiger partial charge in [-0.2, -0.15) is 0 Å². The van der Waals surface area contributed by atoms with E-state index in [0.717, 1.165) is 0 Å². The van der Waals surface area contributed by atoms with E-state index in [1.165, 1.54) is 10.6 Å². The van der Waals surface area contributed by atoms with Crippen LogP contribution in [0.5, 0.6) is 0 Å². The summed E-state index contributed by atoms with van der Waals surface area (Å²) in [6, 6.07) is 1.26. The lowest BCUT2D eigenvalue weighted by Crippen LogP contribution is -2.37. The van der Waals surface area contributed by atoms with Gasteiger partial charge in [0.2, 0.25) is 5.91 Å². The number of carboxylic acids is 1. The van der Waals surface area contributed by atoms with Crippen LogP contribution in [0.15, 0.2) is 10.9 Å². The SMILES string of the molecule is CCN(CC)C(=O)Cn1c(C)c(C(=O)O)c(C)cc1=O. The van der Waals surface area contributed by atoms with Gasteiger partial charge in [-0.1, -0.05) is 0 Å². The Morgan fingerprint density at radius 3 is 2.25 bits per heavy atom. The molecular formula is C14H20N2O4. The molecule has 1 aromatic rings. The lowest BCUT2D eigenvalue weighted by Gasteiger charge is -2.20. The van der Waals surface area contributed by atoms with Crippen LogP contribution in [0, 0.1) is 13.8 Å². The van der Waals surface area contributed by atoms with E-state index < -0.39 is 5.97 Å². The Morgan fingerprint density at radius 1 is 1.25 bits per heavy atom. The van der Waals surface area contributed by atoms with Gasteiger partial charge in [-0.3, -0.25) is 9.59 Å². The lowest BCUT2D eigenvalue weighted by molar-refractivity contribution is -0.131. The fourth-order valence-corrected chi connectivity index (χ4v) is 2.25. The number of carbonyl (C=O) groups excluding carboxylic acids is 1. The minimum absolute atomic E-state index is 0.0805. The molecule has 110 valence electrons. The Balaban J connectivity index is 3.26. The van der Waals surface area contributed by atoms with Crippen molar-refractivity contribution in [3.63, 3.8) is 0 Å². The predicted octanol–water partition coefficient (Wildman–Crippen LogP) is 1.03. The molecule has 1 amide bonds. The molecule has 0 fully saturated rings. The minimum atomic E-state index is -1.09. The lowest BCUT2D eigenvalue weighted by atomic mass is 10.1. The van der Waals surface area contributed by atoms with E-state index in [9.17, 15) is 19.5 Å². The zero-order valence-electron chi connectivity index (χ0n) is 12.3. The molecule has 1 heterocycles. The molecule has 6 heteroatoms. The van der Waals surface area contributed by atoms with Gasteiger partial charge in [-0.05, 0) is 33.3 Å². The summed E-state index contributed by atoms with van der Waals surface area (Å²) in [7, 11) is 0. The molecule has 0 radical (unpaired) electrons. The third kappa shape index (κ3) is 3.07. The van der Waals surface area contributed by atoms with Crippen LogP contribution >= 0.6 is 0 Å². The number of pyridine rings is 1. The van der Waals surface area contributed by atoms with Gasteiger partial charge in [-0.25, -0.2) is 4.79 Å². The summed E-state index contributed by atoms with van der Waals surface area (Å²) < 4.78 is 1.22. The minimum Gasteiger partial charge on any atom is -0.478 e. The molecule has 6 nitrogen and oxygen atoms in total. The first-order valence-corrected chi connectivity index (χ1v) is 6.55. The van der Waals surface area contributed by atoms with Crippen LogP contribution in [0.4, 0.5) is 0 Å². The Morgan fingerprint density at radius 2 is 1.80 bits per heavy atom. The summed E-state index contributed by atoms with van der Waals surface area (Å²) in [4.78, 5) is 36.9. The Hall–Kier alpha value is -2.11. The highest BCUT2D eigenvalue weighted by atomic mass is 16.4. The molecule has 20 heavy (non-hydrogen) atoms. The average Bonchev–Trinajstić information content (AvgIpc) is 2.35. The van der Waals surface area contributed by atoms with E-state index in [2.05, 4.69) is 0 Å². The van der Waals surface area contributed by atoms with Crippen LogP contribution in [0.2, 0.25) is 0 Å². The van der Waals surface area contributed by atoms with Crippen molar-refractivity contribution in [2.24, 2.45) is 0 Å². The number of carboxylic acid groups (broad SMARTS) is 1. The van der Waals surface area contributed by atoms with E-state index >= 15 is 0 Å². The molecule has 0 aliphatic heterocycles.